The molecule has 29 heavy (non-hydrogen) atoms. The van der Waals surface area contributed by atoms with Crippen LogP contribution in [0.25, 0.3) is 0 Å². The minimum Gasteiger partial charge on any atom is -0.350 e. The van der Waals surface area contributed by atoms with Crippen LogP contribution in [-0.4, -0.2) is 28.3 Å². The molecule has 0 saturated heterocycles. The average molecular weight is 435 g/mol. The minimum absolute atomic E-state index is 0.155. The zero-order valence-corrected chi connectivity index (χ0v) is 19.1. The number of halogens is 2. The van der Waals surface area contributed by atoms with Gasteiger partial charge in [0.2, 0.25) is 11.8 Å². The lowest BCUT2D eigenvalue weighted by molar-refractivity contribution is -0.140. The minimum atomic E-state index is -0.682. The summed E-state index contributed by atoms with van der Waals surface area (Å²) in [6, 6.07) is 12.3. The van der Waals surface area contributed by atoms with Gasteiger partial charge in [-0.2, -0.15) is 0 Å². The lowest BCUT2D eigenvalue weighted by Gasteiger charge is -2.32. The number of nitrogens with one attached hydrogen (secondary N) is 1. The van der Waals surface area contributed by atoms with Crippen LogP contribution in [0.1, 0.15) is 44.4 Å². The van der Waals surface area contributed by atoms with Crippen molar-refractivity contribution in [1.82, 2.24) is 10.2 Å². The summed E-state index contributed by atoms with van der Waals surface area (Å²) < 4.78 is 0. The fourth-order valence-corrected chi connectivity index (χ4v) is 3.53. The number of aryl methyl sites for hydroxylation is 1. The Bertz CT molecular complexity index is 870. The highest BCUT2D eigenvalue weighted by Crippen LogP contribution is 2.27. The van der Waals surface area contributed by atoms with E-state index in [0.29, 0.717) is 15.6 Å². The summed E-state index contributed by atoms with van der Waals surface area (Å²) in [5, 5.41) is 3.88. The largest absolute Gasteiger partial charge is 0.350 e. The van der Waals surface area contributed by atoms with E-state index in [0.717, 1.165) is 11.1 Å². The Balaban J connectivity index is 2.33. The molecule has 156 valence electrons. The summed E-state index contributed by atoms with van der Waals surface area (Å²) in [5.74, 6) is -0.388. The molecule has 0 bridgehead atoms. The van der Waals surface area contributed by atoms with Crippen LogP contribution in [-0.2, 0) is 22.6 Å². The third-order valence-corrected chi connectivity index (χ3v) is 5.20. The van der Waals surface area contributed by atoms with Crippen molar-refractivity contribution in [2.75, 3.05) is 0 Å². The van der Waals surface area contributed by atoms with Crippen molar-refractivity contribution < 1.29 is 9.59 Å². The first-order valence-electron chi connectivity index (χ1n) is 9.58. The Kier molecular flexibility index (Phi) is 7.73. The van der Waals surface area contributed by atoms with Crippen LogP contribution in [0.15, 0.2) is 42.5 Å². The normalized spacial score (nSPS) is 12.4. The van der Waals surface area contributed by atoms with Crippen LogP contribution >= 0.6 is 23.2 Å². The van der Waals surface area contributed by atoms with Gasteiger partial charge in [-0.3, -0.25) is 9.59 Å². The first kappa shape index (κ1) is 23.2. The maximum Gasteiger partial charge on any atom is 0.242 e. The number of nitrogens with zero attached hydrogens (tertiary/aromatic N) is 1. The average Bonchev–Trinajstić information content (AvgIpc) is 2.59. The summed E-state index contributed by atoms with van der Waals surface area (Å²) in [4.78, 5) is 27.6. The molecule has 2 aromatic carbocycles. The van der Waals surface area contributed by atoms with Crippen molar-refractivity contribution >= 4 is 35.0 Å². The maximum atomic E-state index is 13.2. The van der Waals surface area contributed by atoms with Gasteiger partial charge in [-0.1, -0.05) is 59.1 Å². The molecule has 0 aromatic heterocycles. The summed E-state index contributed by atoms with van der Waals surface area (Å²) in [7, 11) is 0. The van der Waals surface area contributed by atoms with Gasteiger partial charge in [-0.05, 0) is 52.3 Å². The van der Waals surface area contributed by atoms with Crippen LogP contribution in [0.2, 0.25) is 10.0 Å². The van der Waals surface area contributed by atoms with Crippen molar-refractivity contribution in [3.63, 3.8) is 0 Å². The molecule has 2 rings (SSSR count). The number of hydrogen-bond donors (Lipinski definition) is 1. The van der Waals surface area contributed by atoms with Crippen molar-refractivity contribution in [1.29, 1.82) is 0 Å². The molecular formula is C23H28Cl2N2O2. The van der Waals surface area contributed by atoms with Crippen LogP contribution in [0.4, 0.5) is 0 Å². The van der Waals surface area contributed by atoms with E-state index in [4.69, 9.17) is 23.2 Å². The van der Waals surface area contributed by atoms with E-state index in [1.807, 2.05) is 52.0 Å². The van der Waals surface area contributed by atoms with E-state index in [2.05, 4.69) is 5.32 Å². The molecule has 1 N–H and O–H groups in total. The van der Waals surface area contributed by atoms with Gasteiger partial charge >= 0.3 is 0 Å². The molecule has 0 aliphatic carbocycles. The molecule has 6 heteroatoms. The number of benzene rings is 2. The zero-order valence-electron chi connectivity index (χ0n) is 17.6. The summed E-state index contributed by atoms with van der Waals surface area (Å²) in [6.45, 7) is 9.57. The second-order valence-corrected chi connectivity index (χ2v) is 9.12. The van der Waals surface area contributed by atoms with Gasteiger partial charge in [0.25, 0.3) is 0 Å². The quantitative estimate of drug-likeness (QED) is 0.680. The van der Waals surface area contributed by atoms with Crippen molar-refractivity contribution in [2.24, 2.45) is 0 Å². The molecule has 1 atom stereocenters. The standard InChI is InChI=1S/C23H28Cl2N2O2/c1-15-8-6-9-17(12-15)13-21(28)27(16(2)22(29)26-23(3,4)5)14-18-19(24)10-7-11-20(18)25/h6-12,16H,13-14H2,1-5H3,(H,26,29). The smallest absolute Gasteiger partial charge is 0.242 e. The van der Waals surface area contributed by atoms with Gasteiger partial charge in [-0.25, -0.2) is 0 Å². The predicted molar refractivity (Wildman–Crippen MR) is 119 cm³/mol. The van der Waals surface area contributed by atoms with Gasteiger partial charge in [0, 0.05) is 27.7 Å². The molecule has 0 aliphatic rings. The maximum absolute atomic E-state index is 13.2. The third-order valence-electron chi connectivity index (χ3n) is 4.49. The van der Waals surface area contributed by atoms with E-state index >= 15 is 0 Å². The van der Waals surface area contributed by atoms with Crippen molar-refractivity contribution in [3.8, 4) is 0 Å². The predicted octanol–water partition coefficient (Wildman–Crippen LogP) is 5.18. The van der Waals surface area contributed by atoms with Gasteiger partial charge in [-0.15, -0.1) is 0 Å². The number of rotatable bonds is 6. The van der Waals surface area contributed by atoms with Gasteiger partial charge in [0.05, 0.1) is 6.42 Å². The van der Waals surface area contributed by atoms with Gasteiger partial charge in [0.1, 0.15) is 6.04 Å². The van der Waals surface area contributed by atoms with E-state index in [-0.39, 0.29) is 24.8 Å². The molecule has 2 aromatic rings. The molecule has 2 amide bonds. The SMILES string of the molecule is Cc1cccc(CC(=O)N(Cc2c(Cl)cccc2Cl)C(C)C(=O)NC(C)(C)C)c1. The molecule has 0 fully saturated rings. The number of hydrogen-bond acceptors (Lipinski definition) is 2. The van der Waals surface area contributed by atoms with Crippen LogP contribution in [0, 0.1) is 6.92 Å². The Labute approximate surface area is 183 Å². The number of carbonyl (C=O) groups is 2. The Morgan fingerprint density at radius 3 is 2.21 bits per heavy atom. The molecular weight excluding hydrogens is 407 g/mol. The topological polar surface area (TPSA) is 49.4 Å². The highest BCUT2D eigenvalue weighted by Gasteiger charge is 2.29. The highest BCUT2D eigenvalue weighted by atomic mass is 35.5. The fraction of sp³-hybridized carbons (Fsp3) is 0.391. The number of carbonyl (C=O) groups excluding carboxylic acids is 2. The second kappa shape index (κ2) is 9.64. The van der Waals surface area contributed by atoms with Crippen LogP contribution in [0.3, 0.4) is 0 Å². The van der Waals surface area contributed by atoms with Crippen molar-refractivity contribution in [2.45, 2.75) is 59.2 Å². The number of amides is 2. The summed E-state index contributed by atoms with van der Waals surface area (Å²) in [6.07, 6.45) is 0.191. The van der Waals surface area contributed by atoms with Crippen LogP contribution < -0.4 is 5.32 Å². The lowest BCUT2D eigenvalue weighted by Crippen LogP contribution is -2.52. The molecule has 1 unspecified atom stereocenters. The Morgan fingerprint density at radius 1 is 1.07 bits per heavy atom. The Morgan fingerprint density at radius 2 is 1.66 bits per heavy atom. The first-order valence-corrected chi connectivity index (χ1v) is 10.3. The molecule has 4 nitrogen and oxygen atoms in total. The summed E-state index contributed by atoms with van der Waals surface area (Å²) in [5.41, 5.74) is 2.20. The lowest BCUT2D eigenvalue weighted by atomic mass is 10.1. The van der Waals surface area contributed by atoms with Gasteiger partial charge < -0.3 is 10.2 Å². The van der Waals surface area contributed by atoms with E-state index in [1.165, 1.54) is 4.90 Å². The molecule has 0 saturated carbocycles. The fourth-order valence-electron chi connectivity index (χ4n) is 3.01. The first-order chi connectivity index (χ1) is 13.5. The van der Waals surface area contributed by atoms with E-state index < -0.39 is 11.6 Å². The van der Waals surface area contributed by atoms with Crippen LogP contribution in [0.5, 0.6) is 0 Å². The molecule has 0 spiro atoms. The third kappa shape index (κ3) is 6.76. The molecule has 0 aliphatic heterocycles. The van der Waals surface area contributed by atoms with Gasteiger partial charge in [0.15, 0.2) is 0 Å². The molecule has 0 heterocycles. The molecule has 0 radical (unpaired) electrons. The highest BCUT2D eigenvalue weighted by molar-refractivity contribution is 6.36. The monoisotopic (exact) mass is 434 g/mol. The summed E-state index contributed by atoms with van der Waals surface area (Å²) >= 11 is 12.7. The second-order valence-electron chi connectivity index (χ2n) is 8.30. The van der Waals surface area contributed by atoms with E-state index in [1.54, 1.807) is 25.1 Å². The Hall–Kier alpha value is -2.04. The zero-order chi connectivity index (χ0) is 21.8. The van der Waals surface area contributed by atoms with Crippen molar-refractivity contribution in [3.05, 3.63) is 69.2 Å². The van der Waals surface area contributed by atoms with E-state index in [9.17, 15) is 9.59 Å².